The standard InChI is InChI=1S/C10H7BrF3N3O/c11-7-3-6(10(12,13)14)1-2-8(7)15-4-9-16-5-18-17-9/h1-3,5,15H,4H2. The first-order valence-electron chi connectivity index (χ1n) is 4.82. The van der Waals surface area contributed by atoms with Gasteiger partial charge >= 0.3 is 6.18 Å². The van der Waals surface area contributed by atoms with Crippen LogP contribution >= 0.6 is 15.9 Å². The van der Waals surface area contributed by atoms with Crippen LogP contribution in [-0.2, 0) is 12.7 Å². The summed E-state index contributed by atoms with van der Waals surface area (Å²) in [6.07, 6.45) is -3.17. The second kappa shape index (κ2) is 4.97. The van der Waals surface area contributed by atoms with Crippen molar-refractivity contribution in [1.82, 2.24) is 10.1 Å². The van der Waals surface area contributed by atoms with Gasteiger partial charge in [-0.25, -0.2) is 0 Å². The van der Waals surface area contributed by atoms with Gasteiger partial charge in [-0.1, -0.05) is 5.16 Å². The van der Waals surface area contributed by atoms with Crippen LogP contribution in [0.4, 0.5) is 18.9 Å². The zero-order valence-electron chi connectivity index (χ0n) is 8.83. The number of aromatic nitrogens is 2. The fraction of sp³-hybridized carbons (Fsp3) is 0.200. The van der Waals surface area contributed by atoms with E-state index >= 15 is 0 Å². The number of alkyl halides is 3. The quantitative estimate of drug-likeness (QED) is 0.940. The van der Waals surface area contributed by atoms with E-state index in [1.165, 1.54) is 12.5 Å². The Kier molecular flexibility index (Phi) is 3.55. The third-order valence-corrected chi connectivity index (χ3v) is 2.80. The second-order valence-electron chi connectivity index (χ2n) is 3.39. The molecule has 1 aromatic heterocycles. The Balaban J connectivity index is 2.10. The SMILES string of the molecule is FC(F)(F)c1ccc(NCc2ncon2)c(Br)c1. The number of hydrogen-bond acceptors (Lipinski definition) is 4. The van der Waals surface area contributed by atoms with Gasteiger partial charge in [-0.05, 0) is 34.1 Å². The van der Waals surface area contributed by atoms with E-state index in [2.05, 4.69) is 35.9 Å². The zero-order valence-corrected chi connectivity index (χ0v) is 10.4. The van der Waals surface area contributed by atoms with E-state index in [1.807, 2.05) is 0 Å². The number of halogens is 4. The first kappa shape index (κ1) is 12.9. The Morgan fingerprint density at radius 3 is 2.67 bits per heavy atom. The van der Waals surface area contributed by atoms with Gasteiger partial charge in [0.15, 0.2) is 5.82 Å². The van der Waals surface area contributed by atoms with E-state index in [4.69, 9.17) is 0 Å². The maximum absolute atomic E-state index is 12.4. The lowest BCUT2D eigenvalue weighted by atomic mass is 10.2. The van der Waals surface area contributed by atoms with Crippen molar-refractivity contribution in [2.24, 2.45) is 0 Å². The van der Waals surface area contributed by atoms with Crippen molar-refractivity contribution < 1.29 is 17.7 Å². The van der Waals surface area contributed by atoms with Crippen LogP contribution in [0, 0.1) is 0 Å². The summed E-state index contributed by atoms with van der Waals surface area (Å²) in [6.45, 7) is 0.264. The smallest absolute Gasteiger partial charge is 0.377 e. The molecule has 96 valence electrons. The van der Waals surface area contributed by atoms with E-state index in [0.717, 1.165) is 12.1 Å². The first-order valence-corrected chi connectivity index (χ1v) is 5.62. The molecule has 8 heteroatoms. The molecule has 0 aliphatic rings. The largest absolute Gasteiger partial charge is 0.416 e. The fourth-order valence-corrected chi connectivity index (χ4v) is 1.80. The molecule has 1 aromatic carbocycles. The van der Waals surface area contributed by atoms with Crippen molar-refractivity contribution >= 4 is 21.6 Å². The maximum Gasteiger partial charge on any atom is 0.416 e. The van der Waals surface area contributed by atoms with Gasteiger partial charge in [0.1, 0.15) is 0 Å². The normalized spacial score (nSPS) is 11.6. The van der Waals surface area contributed by atoms with E-state index in [1.54, 1.807) is 0 Å². The summed E-state index contributed by atoms with van der Waals surface area (Å²) < 4.78 is 42.2. The highest BCUT2D eigenvalue weighted by Gasteiger charge is 2.30. The summed E-state index contributed by atoms with van der Waals surface area (Å²) in [4.78, 5) is 3.78. The molecule has 0 spiro atoms. The highest BCUT2D eigenvalue weighted by molar-refractivity contribution is 9.10. The van der Waals surface area contributed by atoms with Gasteiger partial charge in [-0.15, -0.1) is 0 Å². The number of anilines is 1. The van der Waals surface area contributed by atoms with Crippen molar-refractivity contribution in [3.8, 4) is 0 Å². The van der Waals surface area contributed by atoms with Gasteiger partial charge in [0, 0.05) is 10.2 Å². The van der Waals surface area contributed by atoms with Crippen LogP contribution in [0.2, 0.25) is 0 Å². The van der Waals surface area contributed by atoms with Crippen LogP contribution in [0.5, 0.6) is 0 Å². The number of nitrogens with zero attached hydrogens (tertiary/aromatic N) is 2. The molecule has 4 nitrogen and oxygen atoms in total. The molecule has 0 atom stereocenters. The van der Waals surface area contributed by atoms with Gasteiger partial charge < -0.3 is 9.84 Å². The minimum absolute atomic E-state index is 0.264. The van der Waals surface area contributed by atoms with Crippen molar-refractivity contribution in [3.05, 3.63) is 40.5 Å². The topological polar surface area (TPSA) is 51.0 Å². The van der Waals surface area contributed by atoms with Gasteiger partial charge in [0.2, 0.25) is 6.39 Å². The number of hydrogen-bond donors (Lipinski definition) is 1. The van der Waals surface area contributed by atoms with Crippen LogP contribution < -0.4 is 5.32 Å². The molecule has 2 rings (SSSR count). The minimum Gasteiger partial charge on any atom is -0.377 e. The molecule has 0 saturated heterocycles. The lowest BCUT2D eigenvalue weighted by Gasteiger charge is -2.10. The van der Waals surface area contributed by atoms with Gasteiger partial charge in [-0.3, -0.25) is 0 Å². The summed E-state index contributed by atoms with van der Waals surface area (Å²) in [5.74, 6) is 0.418. The third kappa shape index (κ3) is 3.00. The molecule has 1 heterocycles. The number of nitrogens with one attached hydrogen (secondary N) is 1. The molecule has 0 unspecified atom stereocenters. The lowest BCUT2D eigenvalue weighted by Crippen LogP contribution is -2.06. The molecule has 0 saturated carbocycles. The van der Waals surface area contributed by atoms with E-state index in [9.17, 15) is 13.2 Å². The number of benzene rings is 1. The van der Waals surface area contributed by atoms with Gasteiger partial charge in [0.05, 0.1) is 12.1 Å². The molecule has 0 fully saturated rings. The molecule has 0 radical (unpaired) electrons. The molecule has 0 amide bonds. The highest BCUT2D eigenvalue weighted by atomic mass is 79.9. The van der Waals surface area contributed by atoms with E-state index in [-0.39, 0.29) is 6.54 Å². The van der Waals surface area contributed by atoms with Crippen LogP contribution in [-0.4, -0.2) is 10.1 Å². The molecular formula is C10H7BrF3N3O. The third-order valence-electron chi connectivity index (χ3n) is 2.14. The molecule has 1 N–H and O–H groups in total. The average Bonchev–Trinajstić information content (AvgIpc) is 2.79. The molecule has 2 aromatic rings. The first-order chi connectivity index (χ1) is 8.47. The summed E-state index contributed by atoms with van der Waals surface area (Å²) >= 11 is 3.08. The molecular weight excluding hydrogens is 315 g/mol. The molecule has 0 aliphatic carbocycles. The van der Waals surface area contributed by atoms with Crippen molar-refractivity contribution in [1.29, 1.82) is 0 Å². The van der Waals surface area contributed by atoms with E-state index in [0.29, 0.717) is 16.0 Å². The second-order valence-corrected chi connectivity index (χ2v) is 4.25. The summed E-state index contributed by atoms with van der Waals surface area (Å²) in [6, 6.07) is 3.36. The van der Waals surface area contributed by atoms with Crippen LogP contribution in [0.3, 0.4) is 0 Å². The molecule has 0 aliphatic heterocycles. The zero-order chi connectivity index (χ0) is 13.2. The molecule has 0 bridgehead atoms. The predicted octanol–water partition coefficient (Wildman–Crippen LogP) is 3.46. The highest BCUT2D eigenvalue weighted by Crippen LogP contribution is 2.33. The van der Waals surface area contributed by atoms with Crippen molar-refractivity contribution in [3.63, 3.8) is 0 Å². The van der Waals surface area contributed by atoms with Gasteiger partial charge in [-0.2, -0.15) is 18.2 Å². The summed E-state index contributed by atoms with van der Waals surface area (Å²) in [5.41, 5.74) is -0.188. The minimum atomic E-state index is -4.35. The van der Waals surface area contributed by atoms with Gasteiger partial charge in [0.25, 0.3) is 0 Å². The fourth-order valence-electron chi connectivity index (χ4n) is 1.28. The van der Waals surface area contributed by atoms with Crippen molar-refractivity contribution in [2.45, 2.75) is 12.7 Å². The van der Waals surface area contributed by atoms with Crippen LogP contribution in [0.25, 0.3) is 0 Å². The maximum atomic E-state index is 12.4. The van der Waals surface area contributed by atoms with Crippen molar-refractivity contribution in [2.75, 3.05) is 5.32 Å². The Morgan fingerprint density at radius 2 is 2.11 bits per heavy atom. The lowest BCUT2D eigenvalue weighted by molar-refractivity contribution is -0.137. The summed E-state index contributed by atoms with van der Waals surface area (Å²) in [7, 11) is 0. The summed E-state index contributed by atoms with van der Waals surface area (Å²) in [5, 5.41) is 6.47. The Labute approximate surface area is 108 Å². The van der Waals surface area contributed by atoms with E-state index < -0.39 is 11.7 Å². The Bertz CT molecular complexity index is 528. The Morgan fingerprint density at radius 1 is 1.33 bits per heavy atom. The average molecular weight is 322 g/mol. The molecule has 18 heavy (non-hydrogen) atoms. The monoisotopic (exact) mass is 321 g/mol. The van der Waals surface area contributed by atoms with Crippen LogP contribution in [0.15, 0.2) is 33.6 Å². The predicted molar refractivity (Wildman–Crippen MR) is 60.8 cm³/mol. The van der Waals surface area contributed by atoms with Crippen LogP contribution in [0.1, 0.15) is 11.4 Å². The Hall–Kier alpha value is -1.57. The number of rotatable bonds is 3.